The van der Waals surface area contributed by atoms with Crippen LogP contribution in [-0.4, -0.2) is 66.1 Å². The van der Waals surface area contributed by atoms with Crippen molar-refractivity contribution in [1.29, 1.82) is 0 Å². The average molecular weight is 394 g/mol. The van der Waals surface area contributed by atoms with Gasteiger partial charge in [0.1, 0.15) is 5.75 Å². The van der Waals surface area contributed by atoms with E-state index in [-0.39, 0.29) is 5.54 Å². The molecular formula is C25H35N3O. The fraction of sp³-hybridized carbons (Fsp3) is 0.520. The first-order valence-electron chi connectivity index (χ1n) is 11.0. The zero-order valence-corrected chi connectivity index (χ0v) is 17.9. The smallest absolute Gasteiger partial charge is 0.115 e. The second kappa shape index (κ2) is 8.86. The summed E-state index contributed by atoms with van der Waals surface area (Å²) < 4.78 is 0. The van der Waals surface area contributed by atoms with E-state index in [0.717, 1.165) is 19.4 Å². The summed E-state index contributed by atoms with van der Waals surface area (Å²) in [6.07, 6.45) is 4.71. The van der Waals surface area contributed by atoms with E-state index < -0.39 is 0 Å². The third kappa shape index (κ3) is 4.50. The van der Waals surface area contributed by atoms with Crippen LogP contribution < -0.4 is 0 Å². The van der Waals surface area contributed by atoms with Crippen LogP contribution in [0.1, 0.15) is 36.8 Å². The van der Waals surface area contributed by atoms with Crippen LogP contribution in [0.4, 0.5) is 0 Å². The van der Waals surface area contributed by atoms with Crippen molar-refractivity contribution in [2.75, 3.05) is 40.3 Å². The maximum atomic E-state index is 10.2. The molecule has 0 unspecified atom stereocenters. The minimum Gasteiger partial charge on any atom is -0.508 e. The van der Waals surface area contributed by atoms with Crippen molar-refractivity contribution in [3.63, 3.8) is 0 Å². The third-order valence-electron chi connectivity index (χ3n) is 7.21. The maximum absolute atomic E-state index is 10.2. The summed E-state index contributed by atoms with van der Waals surface area (Å²) in [5.74, 6) is 0.371. The number of nitrogens with zero attached hydrogens (tertiary/aromatic N) is 3. The van der Waals surface area contributed by atoms with Crippen LogP contribution in [0.15, 0.2) is 54.6 Å². The number of hydrogen-bond donors (Lipinski definition) is 1. The van der Waals surface area contributed by atoms with Crippen molar-refractivity contribution in [3.8, 4) is 5.75 Å². The number of phenols is 1. The zero-order valence-electron chi connectivity index (χ0n) is 17.9. The number of phenolic OH excluding ortho intramolecular Hbond substituents is 1. The van der Waals surface area contributed by atoms with Gasteiger partial charge in [0.05, 0.1) is 0 Å². The van der Waals surface area contributed by atoms with Crippen molar-refractivity contribution in [1.82, 2.24) is 14.7 Å². The molecule has 2 aromatic rings. The van der Waals surface area contributed by atoms with Crippen LogP contribution >= 0.6 is 0 Å². The Labute approximate surface area is 175 Å². The molecule has 0 atom stereocenters. The molecule has 1 saturated heterocycles. The van der Waals surface area contributed by atoms with Gasteiger partial charge in [-0.1, -0.05) is 42.5 Å². The lowest BCUT2D eigenvalue weighted by molar-refractivity contribution is 0.0159. The number of piperazine rings is 1. The van der Waals surface area contributed by atoms with Gasteiger partial charge in [-0.3, -0.25) is 9.80 Å². The Bertz CT molecular complexity index is 778. The molecule has 1 saturated carbocycles. The van der Waals surface area contributed by atoms with Crippen LogP contribution in [-0.2, 0) is 12.1 Å². The number of rotatable bonds is 5. The van der Waals surface area contributed by atoms with Crippen molar-refractivity contribution in [2.45, 2.75) is 43.8 Å². The Morgan fingerprint density at radius 1 is 0.966 bits per heavy atom. The first-order chi connectivity index (χ1) is 14.1. The van der Waals surface area contributed by atoms with Crippen LogP contribution in [0.25, 0.3) is 0 Å². The first kappa shape index (κ1) is 20.4. The highest BCUT2D eigenvalue weighted by molar-refractivity contribution is 5.33. The van der Waals surface area contributed by atoms with E-state index in [9.17, 15) is 5.11 Å². The average Bonchev–Trinajstić information content (AvgIpc) is 2.75. The molecule has 0 amide bonds. The van der Waals surface area contributed by atoms with Gasteiger partial charge < -0.3 is 10.0 Å². The quantitative estimate of drug-likeness (QED) is 0.834. The molecule has 4 rings (SSSR count). The van der Waals surface area contributed by atoms with Crippen LogP contribution in [0, 0.1) is 0 Å². The molecule has 2 aromatic carbocycles. The largest absolute Gasteiger partial charge is 0.508 e. The summed E-state index contributed by atoms with van der Waals surface area (Å²) in [6, 6.07) is 19.4. The standard InChI is InChI=1S/C25H35N3O/c1-26-15-17-28(18-16-26)23-11-13-25(14-12-23,22-9-6-10-24(29)19-22)27(2)20-21-7-4-3-5-8-21/h3-10,19,23,29H,11-18,20H2,1-2H3. The predicted molar refractivity (Wildman–Crippen MR) is 119 cm³/mol. The van der Waals surface area contributed by atoms with Crippen LogP contribution in [0.3, 0.4) is 0 Å². The molecule has 0 radical (unpaired) electrons. The van der Waals surface area contributed by atoms with Gasteiger partial charge in [-0.05, 0) is 63.0 Å². The van der Waals surface area contributed by atoms with Crippen LogP contribution in [0.2, 0.25) is 0 Å². The van der Waals surface area contributed by atoms with E-state index in [2.05, 4.69) is 65.2 Å². The molecule has 2 fully saturated rings. The van der Waals surface area contributed by atoms with E-state index in [1.54, 1.807) is 6.07 Å². The van der Waals surface area contributed by atoms with Gasteiger partial charge in [0.25, 0.3) is 0 Å². The summed E-state index contributed by atoms with van der Waals surface area (Å²) in [7, 11) is 4.48. The van der Waals surface area contributed by atoms with Gasteiger partial charge in [0.15, 0.2) is 0 Å². The molecule has 4 nitrogen and oxygen atoms in total. The number of hydrogen-bond acceptors (Lipinski definition) is 4. The lowest BCUT2D eigenvalue weighted by Crippen LogP contribution is -2.53. The van der Waals surface area contributed by atoms with E-state index in [1.807, 2.05) is 12.1 Å². The molecule has 1 aliphatic carbocycles. The summed E-state index contributed by atoms with van der Waals surface area (Å²) in [5, 5.41) is 10.2. The molecule has 1 aliphatic heterocycles. The minimum atomic E-state index is -0.0162. The Morgan fingerprint density at radius 3 is 2.31 bits per heavy atom. The SMILES string of the molecule is CN1CCN(C2CCC(c3cccc(O)c3)(N(C)Cc3ccccc3)CC2)CC1. The molecule has 1 N–H and O–H groups in total. The van der Waals surface area contributed by atoms with Gasteiger partial charge in [-0.15, -0.1) is 0 Å². The monoisotopic (exact) mass is 393 g/mol. The molecule has 0 spiro atoms. The van der Waals surface area contributed by atoms with Crippen LogP contribution in [0.5, 0.6) is 5.75 Å². The topological polar surface area (TPSA) is 30.0 Å². The molecule has 1 heterocycles. The lowest BCUT2D eigenvalue weighted by atomic mass is 9.73. The third-order valence-corrected chi connectivity index (χ3v) is 7.21. The van der Waals surface area contributed by atoms with Gasteiger partial charge >= 0.3 is 0 Å². The molecule has 4 heteroatoms. The fourth-order valence-corrected chi connectivity index (χ4v) is 5.33. The van der Waals surface area contributed by atoms with Gasteiger partial charge in [-0.25, -0.2) is 0 Å². The van der Waals surface area contributed by atoms with E-state index in [1.165, 1.54) is 50.1 Å². The molecule has 0 bridgehead atoms. The normalized spacial score (nSPS) is 26.7. The van der Waals surface area contributed by atoms with E-state index >= 15 is 0 Å². The van der Waals surface area contributed by atoms with E-state index in [0.29, 0.717) is 11.8 Å². The van der Waals surface area contributed by atoms with Crippen molar-refractivity contribution in [2.24, 2.45) is 0 Å². The van der Waals surface area contributed by atoms with Gasteiger partial charge in [-0.2, -0.15) is 0 Å². The van der Waals surface area contributed by atoms with Gasteiger partial charge in [0.2, 0.25) is 0 Å². The lowest BCUT2D eigenvalue weighted by Gasteiger charge is -2.50. The maximum Gasteiger partial charge on any atom is 0.115 e. The van der Waals surface area contributed by atoms with E-state index in [4.69, 9.17) is 0 Å². The Kier molecular flexibility index (Phi) is 6.23. The zero-order chi connectivity index (χ0) is 20.3. The summed E-state index contributed by atoms with van der Waals surface area (Å²) >= 11 is 0. The summed E-state index contributed by atoms with van der Waals surface area (Å²) in [6.45, 7) is 5.68. The number of aromatic hydroxyl groups is 1. The molecule has 0 aromatic heterocycles. The highest BCUT2D eigenvalue weighted by Crippen LogP contribution is 2.44. The van der Waals surface area contributed by atoms with Crippen molar-refractivity contribution < 1.29 is 5.11 Å². The van der Waals surface area contributed by atoms with Crippen molar-refractivity contribution >= 4 is 0 Å². The minimum absolute atomic E-state index is 0.0162. The Balaban J connectivity index is 1.54. The fourth-order valence-electron chi connectivity index (χ4n) is 5.33. The second-order valence-corrected chi connectivity index (χ2v) is 8.99. The molecule has 29 heavy (non-hydrogen) atoms. The highest BCUT2D eigenvalue weighted by Gasteiger charge is 2.41. The summed E-state index contributed by atoms with van der Waals surface area (Å²) in [4.78, 5) is 7.67. The van der Waals surface area contributed by atoms with Gasteiger partial charge in [0, 0.05) is 44.3 Å². The highest BCUT2D eigenvalue weighted by atomic mass is 16.3. The first-order valence-corrected chi connectivity index (χ1v) is 11.0. The number of likely N-dealkylation sites (N-methyl/N-ethyl adjacent to an activating group) is 1. The Hall–Kier alpha value is -1.88. The molecular weight excluding hydrogens is 358 g/mol. The second-order valence-electron chi connectivity index (χ2n) is 8.99. The molecule has 156 valence electrons. The predicted octanol–water partition coefficient (Wildman–Crippen LogP) is 3.91. The molecule has 2 aliphatic rings. The number of benzene rings is 2. The summed E-state index contributed by atoms with van der Waals surface area (Å²) in [5.41, 5.74) is 2.58. The Morgan fingerprint density at radius 2 is 1.66 bits per heavy atom. The van der Waals surface area contributed by atoms with Crippen molar-refractivity contribution in [3.05, 3.63) is 65.7 Å².